The van der Waals surface area contributed by atoms with Gasteiger partial charge in [-0.15, -0.1) is 0 Å². The Hall–Kier alpha value is -2.72. The van der Waals surface area contributed by atoms with Crippen molar-refractivity contribution in [3.63, 3.8) is 0 Å². The molecule has 1 aliphatic rings. The van der Waals surface area contributed by atoms with E-state index in [1.165, 1.54) is 17.7 Å². The molecule has 0 unspecified atom stereocenters. The largest absolute Gasteiger partial charge is 0.446 e. The highest BCUT2D eigenvalue weighted by Gasteiger charge is 2.28. The molecule has 0 radical (unpaired) electrons. The summed E-state index contributed by atoms with van der Waals surface area (Å²) in [5.41, 5.74) is 3.70. The van der Waals surface area contributed by atoms with Gasteiger partial charge in [-0.25, -0.2) is 4.98 Å². The van der Waals surface area contributed by atoms with Gasteiger partial charge in [0.1, 0.15) is 11.1 Å². The van der Waals surface area contributed by atoms with Gasteiger partial charge in [-0.1, -0.05) is 49.4 Å². The molecule has 4 aromatic rings. The van der Waals surface area contributed by atoms with Crippen LogP contribution in [0.5, 0.6) is 0 Å². The lowest BCUT2D eigenvalue weighted by Gasteiger charge is -2.26. The SMILES string of the molecule is CC1CC[NH+](c2nc(-c3ccccc3)nc3c2oc2ccccc23)CC1. The fraction of sp³-hybridized carbons (Fsp3) is 0.273. The van der Waals surface area contributed by atoms with Gasteiger partial charge in [0.2, 0.25) is 5.58 Å². The normalized spacial score (nSPS) is 20.7. The van der Waals surface area contributed by atoms with Crippen LogP contribution in [0.3, 0.4) is 0 Å². The maximum atomic E-state index is 6.21. The summed E-state index contributed by atoms with van der Waals surface area (Å²) in [6.45, 7) is 4.53. The van der Waals surface area contributed by atoms with Crippen molar-refractivity contribution >= 4 is 27.9 Å². The molecule has 2 aromatic heterocycles. The molecule has 0 saturated carbocycles. The third-order valence-corrected chi connectivity index (χ3v) is 5.46. The van der Waals surface area contributed by atoms with Crippen LogP contribution in [0.1, 0.15) is 19.8 Å². The molecule has 5 rings (SSSR count). The quantitative estimate of drug-likeness (QED) is 0.598. The molecule has 4 heteroatoms. The van der Waals surface area contributed by atoms with Crippen LogP contribution in [-0.4, -0.2) is 23.1 Å². The van der Waals surface area contributed by atoms with E-state index in [0.717, 1.165) is 58.3 Å². The van der Waals surface area contributed by atoms with E-state index in [-0.39, 0.29) is 0 Å². The van der Waals surface area contributed by atoms with Crippen LogP contribution in [-0.2, 0) is 0 Å². The number of benzene rings is 2. The highest BCUT2D eigenvalue weighted by Crippen LogP contribution is 2.32. The zero-order valence-corrected chi connectivity index (χ0v) is 14.9. The van der Waals surface area contributed by atoms with Crippen LogP contribution in [0.4, 0.5) is 5.82 Å². The summed E-state index contributed by atoms with van der Waals surface area (Å²) >= 11 is 0. The summed E-state index contributed by atoms with van der Waals surface area (Å²) in [6, 6.07) is 18.4. The summed E-state index contributed by atoms with van der Waals surface area (Å²) in [4.78, 5) is 11.3. The summed E-state index contributed by atoms with van der Waals surface area (Å²) in [6.07, 6.45) is 2.45. The molecule has 130 valence electrons. The molecule has 26 heavy (non-hydrogen) atoms. The van der Waals surface area contributed by atoms with Crippen molar-refractivity contribution in [1.82, 2.24) is 9.97 Å². The maximum absolute atomic E-state index is 6.21. The predicted octanol–water partition coefficient (Wildman–Crippen LogP) is 3.99. The number of piperidine rings is 1. The van der Waals surface area contributed by atoms with Crippen molar-refractivity contribution in [2.45, 2.75) is 19.8 Å². The topological polar surface area (TPSA) is 43.4 Å². The van der Waals surface area contributed by atoms with Crippen molar-refractivity contribution in [3.05, 3.63) is 54.6 Å². The third-order valence-electron chi connectivity index (χ3n) is 5.46. The Bertz CT molecular complexity index is 1060. The third kappa shape index (κ3) is 2.58. The molecule has 1 aliphatic heterocycles. The first-order chi connectivity index (χ1) is 12.8. The van der Waals surface area contributed by atoms with Crippen LogP contribution >= 0.6 is 0 Å². The first-order valence-corrected chi connectivity index (χ1v) is 9.39. The van der Waals surface area contributed by atoms with Gasteiger partial charge in [0.15, 0.2) is 5.82 Å². The Kier molecular flexibility index (Phi) is 3.71. The number of quaternary nitrogens is 1. The molecule has 1 fully saturated rings. The van der Waals surface area contributed by atoms with Gasteiger partial charge in [-0.3, -0.25) is 4.90 Å². The number of hydrogen-bond donors (Lipinski definition) is 1. The van der Waals surface area contributed by atoms with E-state index in [4.69, 9.17) is 14.4 Å². The fourth-order valence-electron chi connectivity index (χ4n) is 3.89. The molecule has 0 aliphatic carbocycles. The van der Waals surface area contributed by atoms with Crippen molar-refractivity contribution in [2.75, 3.05) is 13.1 Å². The molecular weight excluding hydrogens is 322 g/mol. The Morgan fingerprint density at radius 3 is 2.46 bits per heavy atom. The monoisotopic (exact) mass is 344 g/mol. The van der Waals surface area contributed by atoms with E-state index in [9.17, 15) is 0 Å². The van der Waals surface area contributed by atoms with E-state index in [1.54, 1.807) is 0 Å². The summed E-state index contributed by atoms with van der Waals surface area (Å²) in [5.74, 6) is 2.59. The molecule has 1 N–H and O–H groups in total. The van der Waals surface area contributed by atoms with Gasteiger partial charge in [-0.05, 0) is 30.9 Å². The van der Waals surface area contributed by atoms with Crippen LogP contribution in [0, 0.1) is 5.92 Å². The number of rotatable bonds is 2. The minimum atomic E-state index is 0.783. The summed E-state index contributed by atoms with van der Waals surface area (Å²) in [5, 5.41) is 1.06. The van der Waals surface area contributed by atoms with Crippen LogP contribution in [0.15, 0.2) is 59.0 Å². The van der Waals surface area contributed by atoms with Crippen LogP contribution in [0.2, 0.25) is 0 Å². The summed E-state index contributed by atoms with van der Waals surface area (Å²) in [7, 11) is 0. The number of hydrogen-bond acceptors (Lipinski definition) is 3. The second-order valence-electron chi connectivity index (χ2n) is 7.32. The van der Waals surface area contributed by atoms with Crippen molar-refractivity contribution in [3.8, 4) is 11.4 Å². The minimum absolute atomic E-state index is 0.783. The van der Waals surface area contributed by atoms with Gasteiger partial charge < -0.3 is 4.42 Å². The molecule has 0 bridgehead atoms. The molecule has 1 saturated heterocycles. The summed E-state index contributed by atoms with van der Waals surface area (Å²) < 4.78 is 6.21. The number of furan rings is 1. The average Bonchev–Trinajstić information content (AvgIpc) is 3.07. The number of fused-ring (bicyclic) bond motifs is 3. The van der Waals surface area contributed by atoms with Gasteiger partial charge in [0.05, 0.1) is 13.1 Å². The van der Waals surface area contributed by atoms with E-state index < -0.39 is 0 Å². The van der Waals surface area contributed by atoms with Crippen LogP contribution < -0.4 is 4.90 Å². The highest BCUT2D eigenvalue weighted by atomic mass is 16.3. The predicted molar refractivity (Wildman–Crippen MR) is 104 cm³/mol. The smallest absolute Gasteiger partial charge is 0.273 e. The second kappa shape index (κ2) is 6.22. The Labute approximate surface area is 152 Å². The van der Waals surface area contributed by atoms with Crippen molar-refractivity contribution < 1.29 is 9.32 Å². The molecular formula is C22H22N3O+. The van der Waals surface area contributed by atoms with Gasteiger partial charge in [0.25, 0.3) is 5.82 Å². The molecule has 2 aromatic carbocycles. The number of para-hydroxylation sites is 1. The Balaban J connectivity index is 1.75. The Morgan fingerprint density at radius 1 is 0.923 bits per heavy atom. The van der Waals surface area contributed by atoms with Crippen LogP contribution in [0.25, 0.3) is 33.5 Å². The first-order valence-electron chi connectivity index (χ1n) is 9.39. The zero-order chi connectivity index (χ0) is 17.5. The molecule has 0 amide bonds. The lowest BCUT2D eigenvalue weighted by molar-refractivity contribution is -0.841. The standard InChI is InChI=1S/C22H21N3O/c1-15-11-13-25(14-12-15)22-20-19(17-9-5-6-10-18(17)26-20)23-21(24-22)16-7-3-2-4-8-16/h2-10,15H,11-14H2,1H3/p+1. The maximum Gasteiger partial charge on any atom is 0.273 e. The first kappa shape index (κ1) is 15.5. The van der Waals surface area contributed by atoms with Gasteiger partial charge in [0, 0.05) is 10.9 Å². The van der Waals surface area contributed by atoms with E-state index >= 15 is 0 Å². The molecule has 4 nitrogen and oxygen atoms in total. The lowest BCUT2D eigenvalue weighted by Crippen LogP contribution is -3.08. The molecule has 0 spiro atoms. The number of aromatic nitrogens is 2. The average molecular weight is 344 g/mol. The lowest BCUT2D eigenvalue weighted by atomic mass is 9.99. The van der Waals surface area contributed by atoms with Crippen molar-refractivity contribution in [1.29, 1.82) is 0 Å². The van der Waals surface area contributed by atoms with Gasteiger partial charge in [-0.2, -0.15) is 4.98 Å². The fourth-order valence-corrected chi connectivity index (χ4v) is 3.89. The van der Waals surface area contributed by atoms with E-state index in [1.807, 2.05) is 36.4 Å². The highest BCUT2D eigenvalue weighted by molar-refractivity contribution is 6.05. The zero-order valence-electron chi connectivity index (χ0n) is 14.9. The van der Waals surface area contributed by atoms with Crippen molar-refractivity contribution in [2.24, 2.45) is 5.92 Å². The number of nitrogens with one attached hydrogen (secondary N) is 1. The molecule has 3 heterocycles. The second-order valence-corrected chi connectivity index (χ2v) is 7.32. The van der Waals surface area contributed by atoms with Gasteiger partial charge >= 0.3 is 0 Å². The Morgan fingerprint density at radius 2 is 1.65 bits per heavy atom. The minimum Gasteiger partial charge on any atom is -0.446 e. The molecule has 0 atom stereocenters. The van der Waals surface area contributed by atoms with E-state index in [0.29, 0.717) is 0 Å². The number of nitrogens with zero attached hydrogens (tertiary/aromatic N) is 2. The van der Waals surface area contributed by atoms with E-state index in [2.05, 4.69) is 25.1 Å².